The van der Waals surface area contributed by atoms with Gasteiger partial charge < -0.3 is 14.8 Å². The van der Waals surface area contributed by atoms with Crippen molar-refractivity contribution in [3.63, 3.8) is 0 Å². The van der Waals surface area contributed by atoms with Gasteiger partial charge in [-0.2, -0.15) is 5.10 Å². The molecule has 1 aliphatic rings. The number of halogens is 1. The zero-order chi connectivity index (χ0) is 23.5. The quantitative estimate of drug-likeness (QED) is 0.424. The molecule has 0 saturated heterocycles. The third kappa shape index (κ3) is 4.51. The fourth-order valence-electron chi connectivity index (χ4n) is 3.59. The highest BCUT2D eigenvalue weighted by molar-refractivity contribution is 5.91. The first-order valence-corrected chi connectivity index (χ1v) is 10.6. The van der Waals surface area contributed by atoms with E-state index in [2.05, 4.69) is 15.4 Å². The summed E-state index contributed by atoms with van der Waals surface area (Å²) in [7, 11) is 0. The van der Waals surface area contributed by atoms with E-state index >= 15 is 0 Å². The Morgan fingerprint density at radius 2 is 1.97 bits per heavy atom. The van der Waals surface area contributed by atoms with Crippen molar-refractivity contribution in [1.82, 2.24) is 24.6 Å². The van der Waals surface area contributed by atoms with Crippen molar-refractivity contribution in [3.8, 4) is 11.5 Å². The van der Waals surface area contributed by atoms with Crippen LogP contribution in [-0.4, -0.2) is 38.6 Å². The van der Waals surface area contributed by atoms with Gasteiger partial charge in [0.2, 0.25) is 12.7 Å². The molecule has 0 aliphatic carbocycles. The van der Waals surface area contributed by atoms with E-state index in [1.54, 1.807) is 35.0 Å². The van der Waals surface area contributed by atoms with Gasteiger partial charge in [0, 0.05) is 12.6 Å². The predicted molar refractivity (Wildman–Crippen MR) is 122 cm³/mol. The molecular formula is C24H20FN5O4. The van der Waals surface area contributed by atoms with Crippen LogP contribution in [0.25, 0.3) is 17.1 Å². The smallest absolute Gasteiger partial charge is 0.264 e. The number of benzene rings is 2. The molecule has 2 aromatic carbocycles. The maximum atomic E-state index is 13.1. The standard InChI is InChI=1S/C24H20FN5O4/c25-18-5-1-17(2-6-18)13-29-14-27-23-19(24(29)32)12-28-30(23)10-9-26-22(31)8-4-16-3-7-20-21(11-16)34-15-33-20/h1-8,11-12,14H,9-10,13,15H2,(H,26,31)/b8-4+. The number of rotatable bonds is 7. The van der Waals surface area contributed by atoms with Crippen LogP contribution in [0, 0.1) is 5.82 Å². The fourth-order valence-corrected chi connectivity index (χ4v) is 3.59. The van der Waals surface area contributed by atoms with Crippen molar-refractivity contribution in [2.24, 2.45) is 0 Å². The highest BCUT2D eigenvalue weighted by Crippen LogP contribution is 2.32. The van der Waals surface area contributed by atoms with Gasteiger partial charge in [0.25, 0.3) is 5.56 Å². The van der Waals surface area contributed by atoms with Crippen molar-refractivity contribution in [2.45, 2.75) is 13.1 Å². The zero-order valence-electron chi connectivity index (χ0n) is 18.0. The molecule has 4 aromatic rings. The third-order valence-corrected chi connectivity index (χ3v) is 5.34. The van der Waals surface area contributed by atoms with Gasteiger partial charge in [-0.15, -0.1) is 0 Å². The number of aromatic nitrogens is 4. The molecule has 10 heteroatoms. The van der Waals surface area contributed by atoms with Crippen LogP contribution in [0.2, 0.25) is 0 Å². The summed E-state index contributed by atoms with van der Waals surface area (Å²) in [5.41, 5.74) is 1.80. The molecule has 3 heterocycles. The Hall–Kier alpha value is -4.47. The fraction of sp³-hybridized carbons (Fsp3) is 0.167. The number of ether oxygens (including phenoxy) is 2. The monoisotopic (exact) mass is 461 g/mol. The molecule has 5 rings (SSSR count). The molecule has 0 unspecified atom stereocenters. The lowest BCUT2D eigenvalue weighted by Crippen LogP contribution is -2.26. The van der Waals surface area contributed by atoms with Gasteiger partial charge in [-0.05, 0) is 41.5 Å². The average molecular weight is 461 g/mol. The molecule has 2 aromatic heterocycles. The van der Waals surface area contributed by atoms with Gasteiger partial charge >= 0.3 is 0 Å². The van der Waals surface area contributed by atoms with Crippen molar-refractivity contribution >= 4 is 23.0 Å². The molecule has 1 N–H and O–H groups in total. The van der Waals surface area contributed by atoms with Crippen molar-refractivity contribution in [2.75, 3.05) is 13.3 Å². The second-order valence-corrected chi connectivity index (χ2v) is 7.65. The Morgan fingerprint density at radius 3 is 2.82 bits per heavy atom. The molecule has 1 amide bonds. The van der Waals surface area contributed by atoms with Gasteiger partial charge in [-0.25, -0.2) is 14.1 Å². The van der Waals surface area contributed by atoms with Crippen LogP contribution in [0.1, 0.15) is 11.1 Å². The molecule has 34 heavy (non-hydrogen) atoms. The molecule has 0 atom stereocenters. The topological polar surface area (TPSA) is 100 Å². The zero-order valence-corrected chi connectivity index (χ0v) is 18.0. The summed E-state index contributed by atoms with van der Waals surface area (Å²) in [5, 5.41) is 7.40. The molecule has 1 aliphatic heterocycles. The molecule has 0 radical (unpaired) electrons. The van der Waals surface area contributed by atoms with Crippen molar-refractivity contribution in [1.29, 1.82) is 0 Å². The second-order valence-electron chi connectivity index (χ2n) is 7.65. The lowest BCUT2D eigenvalue weighted by atomic mass is 10.2. The summed E-state index contributed by atoms with van der Waals surface area (Å²) in [6.45, 7) is 1.13. The van der Waals surface area contributed by atoms with E-state index in [1.165, 1.54) is 35.3 Å². The first-order valence-electron chi connectivity index (χ1n) is 10.6. The number of amides is 1. The number of carbonyl (C=O) groups excluding carboxylic acids is 1. The van der Waals surface area contributed by atoms with Crippen LogP contribution in [0.4, 0.5) is 4.39 Å². The largest absolute Gasteiger partial charge is 0.454 e. The maximum Gasteiger partial charge on any atom is 0.264 e. The molecule has 0 fully saturated rings. The minimum Gasteiger partial charge on any atom is -0.454 e. The number of hydrogen-bond acceptors (Lipinski definition) is 6. The van der Waals surface area contributed by atoms with Crippen LogP contribution in [0.5, 0.6) is 11.5 Å². The normalized spacial score (nSPS) is 12.5. The van der Waals surface area contributed by atoms with Crippen LogP contribution >= 0.6 is 0 Å². The van der Waals surface area contributed by atoms with Crippen LogP contribution in [-0.2, 0) is 17.9 Å². The van der Waals surface area contributed by atoms with Crippen molar-refractivity contribution in [3.05, 3.63) is 88.4 Å². The summed E-state index contributed by atoms with van der Waals surface area (Å²) in [4.78, 5) is 29.3. The third-order valence-electron chi connectivity index (χ3n) is 5.34. The van der Waals surface area contributed by atoms with Gasteiger partial charge in [-0.1, -0.05) is 18.2 Å². The van der Waals surface area contributed by atoms with Gasteiger partial charge in [0.05, 0.1) is 19.3 Å². The number of nitrogens with one attached hydrogen (secondary N) is 1. The van der Waals surface area contributed by atoms with E-state index < -0.39 is 0 Å². The van der Waals surface area contributed by atoms with E-state index in [1.807, 2.05) is 6.07 Å². The van der Waals surface area contributed by atoms with Crippen LogP contribution in [0.3, 0.4) is 0 Å². The molecule has 0 bridgehead atoms. The van der Waals surface area contributed by atoms with E-state index in [4.69, 9.17) is 9.47 Å². The Balaban J connectivity index is 1.19. The van der Waals surface area contributed by atoms with Crippen LogP contribution in [0.15, 0.2) is 65.9 Å². The lowest BCUT2D eigenvalue weighted by Gasteiger charge is -2.07. The Kier molecular flexibility index (Phi) is 5.77. The highest BCUT2D eigenvalue weighted by atomic mass is 19.1. The molecule has 172 valence electrons. The summed E-state index contributed by atoms with van der Waals surface area (Å²) >= 11 is 0. The molecule has 9 nitrogen and oxygen atoms in total. The lowest BCUT2D eigenvalue weighted by molar-refractivity contribution is -0.116. The van der Waals surface area contributed by atoms with Crippen LogP contribution < -0.4 is 20.3 Å². The number of fused-ring (bicyclic) bond motifs is 2. The first-order chi connectivity index (χ1) is 16.6. The molecule has 0 saturated carbocycles. The van der Waals surface area contributed by atoms with E-state index in [-0.39, 0.29) is 30.6 Å². The SMILES string of the molecule is O=C(/C=C/c1ccc2c(c1)OCO2)NCCn1ncc2c(=O)n(Cc3ccc(F)cc3)cnc21. The predicted octanol–water partition coefficient (Wildman–Crippen LogP) is 2.34. The molecular weight excluding hydrogens is 441 g/mol. The van der Waals surface area contributed by atoms with Gasteiger partial charge in [-0.3, -0.25) is 14.2 Å². The highest BCUT2D eigenvalue weighted by Gasteiger charge is 2.13. The van der Waals surface area contributed by atoms with Crippen molar-refractivity contribution < 1.29 is 18.7 Å². The van der Waals surface area contributed by atoms with E-state index in [0.29, 0.717) is 35.6 Å². The Morgan fingerprint density at radius 1 is 1.15 bits per heavy atom. The minimum absolute atomic E-state index is 0.196. The van der Waals surface area contributed by atoms with Gasteiger partial charge in [0.15, 0.2) is 17.1 Å². The summed E-state index contributed by atoms with van der Waals surface area (Å²) in [6, 6.07) is 11.4. The molecule has 0 spiro atoms. The number of hydrogen-bond donors (Lipinski definition) is 1. The van der Waals surface area contributed by atoms with Gasteiger partial charge in [0.1, 0.15) is 17.5 Å². The summed E-state index contributed by atoms with van der Waals surface area (Å²) in [5.74, 6) is 0.742. The first kappa shape index (κ1) is 21.4. The minimum atomic E-state index is -0.332. The number of nitrogens with zero attached hydrogens (tertiary/aromatic N) is 4. The Bertz CT molecular complexity index is 1440. The summed E-state index contributed by atoms with van der Waals surface area (Å²) in [6.07, 6.45) is 6.03. The summed E-state index contributed by atoms with van der Waals surface area (Å²) < 4.78 is 26.7. The maximum absolute atomic E-state index is 13.1. The number of carbonyl (C=O) groups is 1. The second kappa shape index (κ2) is 9.18. The Labute approximate surface area is 193 Å². The van der Waals surface area contributed by atoms with E-state index in [0.717, 1.165) is 11.1 Å². The van der Waals surface area contributed by atoms with E-state index in [9.17, 15) is 14.0 Å². The average Bonchev–Trinajstić information content (AvgIpc) is 3.48.